The molecule has 1 heterocycles. The van der Waals surface area contributed by atoms with Crippen molar-refractivity contribution in [2.24, 2.45) is 0 Å². The molecule has 1 aromatic carbocycles. The molecule has 0 bridgehead atoms. The maximum absolute atomic E-state index is 4.08. The first-order chi connectivity index (χ1) is 10.2. The van der Waals surface area contributed by atoms with Crippen molar-refractivity contribution in [1.82, 2.24) is 10.3 Å². The Morgan fingerprint density at radius 2 is 1.90 bits per heavy atom. The van der Waals surface area contributed by atoms with Gasteiger partial charge in [-0.2, -0.15) is 0 Å². The Kier molecular flexibility index (Phi) is 6.27. The summed E-state index contributed by atoms with van der Waals surface area (Å²) in [6.07, 6.45) is 4.87. The smallest absolute Gasteiger partial charge is 0.0418 e. The van der Waals surface area contributed by atoms with Crippen LogP contribution in [0.2, 0.25) is 0 Å². The lowest BCUT2D eigenvalue weighted by Crippen LogP contribution is -2.25. The van der Waals surface area contributed by atoms with Crippen LogP contribution in [0.5, 0.6) is 0 Å². The lowest BCUT2D eigenvalue weighted by atomic mass is 10.00. The van der Waals surface area contributed by atoms with E-state index >= 15 is 0 Å². The molecule has 21 heavy (non-hydrogen) atoms. The van der Waals surface area contributed by atoms with Gasteiger partial charge >= 0.3 is 0 Å². The molecule has 1 unspecified atom stereocenters. The summed E-state index contributed by atoms with van der Waals surface area (Å²) in [5.74, 6) is 1.04. The van der Waals surface area contributed by atoms with Gasteiger partial charge in [-0.1, -0.05) is 30.7 Å². The third-order valence-electron chi connectivity index (χ3n) is 3.52. The zero-order valence-corrected chi connectivity index (χ0v) is 13.9. The number of thioether (sulfide) groups is 1. The quantitative estimate of drug-likeness (QED) is 0.760. The topological polar surface area (TPSA) is 24.9 Å². The number of hydrogen-bond donors (Lipinski definition) is 1. The van der Waals surface area contributed by atoms with Crippen LogP contribution in [0.4, 0.5) is 0 Å². The Morgan fingerprint density at radius 1 is 1.14 bits per heavy atom. The molecule has 0 spiro atoms. The van der Waals surface area contributed by atoms with Crippen molar-refractivity contribution in [3.63, 3.8) is 0 Å². The highest BCUT2D eigenvalue weighted by molar-refractivity contribution is 7.99. The van der Waals surface area contributed by atoms with Crippen molar-refractivity contribution in [3.05, 3.63) is 59.4 Å². The summed E-state index contributed by atoms with van der Waals surface area (Å²) in [6.45, 7) is 7.63. The maximum Gasteiger partial charge on any atom is 0.0418 e. The minimum absolute atomic E-state index is 0.392. The highest BCUT2D eigenvalue weighted by atomic mass is 32.2. The zero-order valence-electron chi connectivity index (χ0n) is 13.1. The summed E-state index contributed by atoms with van der Waals surface area (Å²) in [5, 5.41) is 3.69. The van der Waals surface area contributed by atoms with Gasteiger partial charge in [0.2, 0.25) is 0 Å². The minimum Gasteiger partial charge on any atom is -0.309 e. The molecule has 0 aliphatic heterocycles. The Hall–Kier alpha value is -1.32. The molecule has 0 aliphatic rings. The minimum atomic E-state index is 0.392. The van der Waals surface area contributed by atoms with Crippen molar-refractivity contribution in [2.75, 3.05) is 12.3 Å². The standard InChI is InChI=1S/C18H24N2S/c1-4-9-20-18(13-21-16-7-10-19-11-8-16)17-12-14(2)5-6-15(17)3/h5-8,10-12,18,20H,4,9,13H2,1-3H3. The van der Waals surface area contributed by atoms with Gasteiger partial charge in [-0.3, -0.25) is 4.98 Å². The summed E-state index contributed by atoms with van der Waals surface area (Å²) >= 11 is 1.89. The maximum atomic E-state index is 4.08. The summed E-state index contributed by atoms with van der Waals surface area (Å²) < 4.78 is 0. The predicted octanol–water partition coefficient (Wildman–Crippen LogP) is 4.53. The van der Waals surface area contributed by atoms with E-state index in [0.29, 0.717) is 6.04 Å². The van der Waals surface area contributed by atoms with Gasteiger partial charge in [0.25, 0.3) is 0 Å². The van der Waals surface area contributed by atoms with Crippen LogP contribution in [0.1, 0.15) is 36.1 Å². The van der Waals surface area contributed by atoms with Crippen LogP contribution in [0.25, 0.3) is 0 Å². The van der Waals surface area contributed by atoms with Gasteiger partial charge in [-0.05, 0) is 50.1 Å². The van der Waals surface area contributed by atoms with Crippen LogP contribution in [0.3, 0.4) is 0 Å². The summed E-state index contributed by atoms with van der Waals surface area (Å²) in [7, 11) is 0. The molecule has 1 N–H and O–H groups in total. The Balaban J connectivity index is 2.12. The third kappa shape index (κ3) is 4.87. The van der Waals surface area contributed by atoms with E-state index in [0.717, 1.165) is 18.7 Å². The number of aromatic nitrogens is 1. The van der Waals surface area contributed by atoms with Crippen LogP contribution in [0, 0.1) is 13.8 Å². The molecule has 2 rings (SSSR count). The number of rotatable bonds is 7. The van der Waals surface area contributed by atoms with Crippen molar-refractivity contribution in [3.8, 4) is 0 Å². The Labute approximate surface area is 132 Å². The second kappa shape index (κ2) is 8.20. The van der Waals surface area contributed by atoms with Crippen molar-refractivity contribution in [2.45, 2.75) is 38.1 Å². The van der Waals surface area contributed by atoms with E-state index in [-0.39, 0.29) is 0 Å². The molecule has 2 aromatic rings. The van der Waals surface area contributed by atoms with Crippen LogP contribution >= 0.6 is 11.8 Å². The molecule has 0 radical (unpaired) electrons. The van der Waals surface area contributed by atoms with Gasteiger partial charge in [0.15, 0.2) is 0 Å². The first kappa shape index (κ1) is 16.1. The second-order valence-corrected chi connectivity index (χ2v) is 6.45. The fraction of sp³-hybridized carbons (Fsp3) is 0.389. The van der Waals surface area contributed by atoms with Crippen molar-refractivity contribution in [1.29, 1.82) is 0 Å². The second-order valence-electron chi connectivity index (χ2n) is 5.36. The van der Waals surface area contributed by atoms with E-state index < -0.39 is 0 Å². The highest BCUT2D eigenvalue weighted by Crippen LogP contribution is 2.26. The van der Waals surface area contributed by atoms with Gasteiger partial charge in [-0.15, -0.1) is 11.8 Å². The molecule has 2 nitrogen and oxygen atoms in total. The molecule has 0 amide bonds. The predicted molar refractivity (Wildman–Crippen MR) is 91.9 cm³/mol. The third-order valence-corrected chi connectivity index (χ3v) is 4.62. The van der Waals surface area contributed by atoms with Gasteiger partial charge < -0.3 is 5.32 Å². The SMILES string of the molecule is CCCNC(CSc1ccncc1)c1cc(C)ccc1C. The lowest BCUT2D eigenvalue weighted by molar-refractivity contribution is 0.575. The average molecular weight is 300 g/mol. The fourth-order valence-electron chi connectivity index (χ4n) is 2.33. The van der Waals surface area contributed by atoms with E-state index in [2.05, 4.69) is 61.4 Å². The number of nitrogens with one attached hydrogen (secondary N) is 1. The van der Waals surface area contributed by atoms with Crippen LogP contribution < -0.4 is 5.32 Å². The van der Waals surface area contributed by atoms with Crippen LogP contribution in [-0.2, 0) is 0 Å². The highest BCUT2D eigenvalue weighted by Gasteiger charge is 2.13. The number of benzene rings is 1. The van der Waals surface area contributed by atoms with E-state index in [9.17, 15) is 0 Å². The number of hydrogen-bond acceptors (Lipinski definition) is 3. The monoisotopic (exact) mass is 300 g/mol. The molecule has 3 heteroatoms. The van der Waals surface area contributed by atoms with Gasteiger partial charge in [-0.25, -0.2) is 0 Å². The summed E-state index contributed by atoms with van der Waals surface area (Å²) in [6, 6.07) is 11.3. The summed E-state index contributed by atoms with van der Waals surface area (Å²) in [4.78, 5) is 5.35. The molecular formula is C18H24N2S. The van der Waals surface area contributed by atoms with Gasteiger partial charge in [0, 0.05) is 29.1 Å². The first-order valence-corrected chi connectivity index (χ1v) is 8.52. The molecule has 1 atom stereocenters. The molecular weight excluding hydrogens is 276 g/mol. The average Bonchev–Trinajstić information content (AvgIpc) is 2.51. The van der Waals surface area contributed by atoms with E-state index in [4.69, 9.17) is 0 Å². The van der Waals surface area contributed by atoms with Crippen molar-refractivity contribution >= 4 is 11.8 Å². The zero-order chi connectivity index (χ0) is 15.1. The number of pyridine rings is 1. The van der Waals surface area contributed by atoms with Crippen molar-refractivity contribution < 1.29 is 0 Å². The largest absolute Gasteiger partial charge is 0.309 e. The first-order valence-electron chi connectivity index (χ1n) is 7.54. The number of aryl methyl sites for hydroxylation is 2. The van der Waals surface area contributed by atoms with Gasteiger partial charge in [0.05, 0.1) is 0 Å². The Morgan fingerprint density at radius 3 is 2.62 bits per heavy atom. The van der Waals surface area contributed by atoms with E-state index in [1.807, 2.05) is 24.2 Å². The van der Waals surface area contributed by atoms with E-state index in [1.54, 1.807) is 0 Å². The van der Waals surface area contributed by atoms with Gasteiger partial charge in [0.1, 0.15) is 0 Å². The Bertz CT molecular complexity index is 554. The summed E-state index contributed by atoms with van der Waals surface area (Å²) in [5.41, 5.74) is 4.11. The fourth-order valence-corrected chi connectivity index (χ4v) is 3.30. The molecule has 112 valence electrons. The number of nitrogens with zero attached hydrogens (tertiary/aromatic N) is 1. The molecule has 0 aliphatic carbocycles. The van der Waals surface area contributed by atoms with Crippen LogP contribution in [0.15, 0.2) is 47.6 Å². The molecule has 0 saturated heterocycles. The molecule has 1 aromatic heterocycles. The van der Waals surface area contributed by atoms with E-state index in [1.165, 1.54) is 21.6 Å². The lowest BCUT2D eigenvalue weighted by Gasteiger charge is -2.21. The van der Waals surface area contributed by atoms with Crippen LogP contribution in [-0.4, -0.2) is 17.3 Å². The normalized spacial score (nSPS) is 12.3. The molecule has 0 fully saturated rings. The molecule has 0 saturated carbocycles.